The summed E-state index contributed by atoms with van der Waals surface area (Å²) in [6.07, 6.45) is 2.18. The van der Waals surface area contributed by atoms with Crippen molar-refractivity contribution in [2.24, 2.45) is 5.73 Å². The van der Waals surface area contributed by atoms with Crippen molar-refractivity contribution in [2.45, 2.75) is 18.9 Å². The van der Waals surface area contributed by atoms with Gasteiger partial charge in [0.2, 0.25) is 15.9 Å². The second-order valence-corrected chi connectivity index (χ2v) is 9.87. The quantitative estimate of drug-likeness (QED) is 0.619. The van der Waals surface area contributed by atoms with E-state index in [1.807, 2.05) is 42.5 Å². The molecule has 1 fully saturated rings. The van der Waals surface area contributed by atoms with E-state index in [0.29, 0.717) is 38.0 Å². The monoisotopic (exact) mass is 458 g/mol. The molecular formula is C23H30N4O4S. The van der Waals surface area contributed by atoms with Gasteiger partial charge in [-0.1, -0.05) is 42.5 Å². The summed E-state index contributed by atoms with van der Waals surface area (Å²) in [6.45, 7) is 1.51. The van der Waals surface area contributed by atoms with Gasteiger partial charge in [-0.15, -0.1) is 0 Å². The maximum atomic E-state index is 13.1. The third-order valence-corrected chi connectivity index (χ3v) is 6.88. The van der Waals surface area contributed by atoms with Crippen LogP contribution in [0, 0.1) is 0 Å². The van der Waals surface area contributed by atoms with Crippen molar-refractivity contribution in [2.75, 3.05) is 39.0 Å². The molecule has 2 amide bonds. The van der Waals surface area contributed by atoms with Gasteiger partial charge in [0.05, 0.1) is 6.26 Å². The van der Waals surface area contributed by atoms with Gasteiger partial charge < -0.3 is 16.0 Å². The summed E-state index contributed by atoms with van der Waals surface area (Å²) in [5.41, 5.74) is 8.15. The summed E-state index contributed by atoms with van der Waals surface area (Å²) in [6, 6.07) is 16.4. The predicted octanol–water partition coefficient (Wildman–Crippen LogP) is 1.29. The van der Waals surface area contributed by atoms with Crippen LogP contribution in [0.3, 0.4) is 0 Å². The minimum absolute atomic E-state index is 0.208. The predicted molar refractivity (Wildman–Crippen MR) is 124 cm³/mol. The average molecular weight is 459 g/mol. The Bertz CT molecular complexity index is 1020. The third kappa shape index (κ3) is 6.15. The van der Waals surface area contributed by atoms with E-state index in [9.17, 15) is 18.0 Å². The number of hydrogen-bond donors (Lipinski definition) is 2. The van der Waals surface area contributed by atoms with Gasteiger partial charge in [-0.3, -0.25) is 9.59 Å². The van der Waals surface area contributed by atoms with Crippen LogP contribution in [-0.2, 0) is 14.8 Å². The van der Waals surface area contributed by atoms with Crippen molar-refractivity contribution >= 4 is 21.8 Å². The molecule has 3 rings (SSSR count). The molecule has 32 heavy (non-hydrogen) atoms. The second kappa shape index (κ2) is 10.7. The first-order chi connectivity index (χ1) is 15.3. The smallest absolute Gasteiger partial charge is 0.251 e. The summed E-state index contributed by atoms with van der Waals surface area (Å²) >= 11 is 0. The Kier molecular flexibility index (Phi) is 8.00. The number of piperazine rings is 1. The lowest BCUT2D eigenvalue weighted by atomic mass is 10.0. The van der Waals surface area contributed by atoms with Crippen molar-refractivity contribution in [1.82, 2.24) is 14.5 Å². The zero-order valence-corrected chi connectivity index (χ0v) is 19.1. The molecule has 0 radical (unpaired) electrons. The van der Waals surface area contributed by atoms with Gasteiger partial charge in [0.1, 0.15) is 6.04 Å². The number of benzene rings is 2. The van der Waals surface area contributed by atoms with Crippen LogP contribution in [0.1, 0.15) is 23.2 Å². The summed E-state index contributed by atoms with van der Waals surface area (Å²) in [7, 11) is -3.28. The fourth-order valence-corrected chi connectivity index (χ4v) is 4.55. The Labute approximate surface area is 189 Å². The average Bonchev–Trinajstić information content (AvgIpc) is 2.81. The fraction of sp³-hybridized carbons (Fsp3) is 0.391. The number of hydrogen-bond acceptors (Lipinski definition) is 5. The van der Waals surface area contributed by atoms with Gasteiger partial charge in [0.15, 0.2) is 0 Å². The van der Waals surface area contributed by atoms with Crippen LogP contribution in [0.4, 0.5) is 0 Å². The van der Waals surface area contributed by atoms with Crippen LogP contribution in [-0.4, -0.2) is 74.5 Å². The SMILES string of the molecule is CS(=O)(=O)N1CCN(C(=O)[C@H](CCCN)NC(=O)c2ccc(-c3ccccc3)cc2)CC1. The van der Waals surface area contributed by atoms with E-state index < -0.39 is 16.1 Å². The number of nitrogens with one attached hydrogen (secondary N) is 1. The number of nitrogens with two attached hydrogens (primary N) is 1. The molecule has 1 aliphatic heterocycles. The second-order valence-electron chi connectivity index (χ2n) is 7.89. The number of amides is 2. The van der Waals surface area contributed by atoms with Crippen LogP contribution in [0.5, 0.6) is 0 Å². The van der Waals surface area contributed by atoms with Crippen LogP contribution in [0.25, 0.3) is 11.1 Å². The summed E-state index contributed by atoms with van der Waals surface area (Å²) in [5.74, 6) is -0.532. The highest BCUT2D eigenvalue weighted by molar-refractivity contribution is 7.88. The molecular weight excluding hydrogens is 428 g/mol. The Morgan fingerprint density at radius 1 is 0.969 bits per heavy atom. The van der Waals surface area contributed by atoms with Crippen molar-refractivity contribution in [3.8, 4) is 11.1 Å². The molecule has 2 aromatic carbocycles. The normalized spacial score (nSPS) is 15.9. The van der Waals surface area contributed by atoms with Crippen LogP contribution >= 0.6 is 0 Å². The van der Waals surface area contributed by atoms with Gasteiger partial charge >= 0.3 is 0 Å². The van der Waals surface area contributed by atoms with E-state index >= 15 is 0 Å². The Morgan fingerprint density at radius 3 is 2.12 bits per heavy atom. The van der Waals surface area contributed by atoms with E-state index in [-0.39, 0.29) is 24.9 Å². The fourth-order valence-electron chi connectivity index (χ4n) is 3.73. The minimum Gasteiger partial charge on any atom is -0.340 e. The van der Waals surface area contributed by atoms with Crippen LogP contribution in [0.15, 0.2) is 54.6 Å². The van der Waals surface area contributed by atoms with Gasteiger partial charge in [-0.05, 0) is 42.6 Å². The maximum Gasteiger partial charge on any atom is 0.251 e. The van der Waals surface area contributed by atoms with Crippen molar-refractivity contribution < 1.29 is 18.0 Å². The summed E-state index contributed by atoms with van der Waals surface area (Å²) in [5, 5.41) is 2.85. The Hall–Kier alpha value is -2.75. The zero-order chi connectivity index (χ0) is 23.1. The first-order valence-electron chi connectivity index (χ1n) is 10.7. The molecule has 0 aliphatic carbocycles. The third-order valence-electron chi connectivity index (χ3n) is 5.57. The highest BCUT2D eigenvalue weighted by atomic mass is 32.2. The lowest BCUT2D eigenvalue weighted by molar-refractivity contribution is -0.134. The molecule has 1 heterocycles. The minimum atomic E-state index is -3.28. The topological polar surface area (TPSA) is 113 Å². The lowest BCUT2D eigenvalue weighted by Crippen LogP contribution is -2.55. The van der Waals surface area contributed by atoms with Gasteiger partial charge in [0, 0.05) is 31.7 Å². The number of carbonyl (C=O) groups is 2. The van der Waals surface area contributed by atoms with E-state index in [4.69, 9.17) is 5.73 Å². The standard InChI is InChI=1S/C23H30N4O4S/c1-32(30,31)27-16-14-26(15-17-27)23(29)21(8-5-13-24)25-22(28)20-11-9-19(10-12-20)18-6-3-2-4-7-18/h2-4,6-7,9-12,21H,5,8,13-17,24H2,1H3,(H,25,28)/t21-/m0/s1. The lowest BCUT2D eigenvalue weighted by Gasteiger charge is -2.35. The molecule has 2 aromatic rings. The molecule has 172 valence electrons. The van der Waals surface area contributed by atoms with Crippen molar-refractivity contribution in [3.63, 3.8) is 0 Å². The number of sulfonamides is 1. The first-order valence-corrected chi connectivity index (χ1v) is 12.5. The van der Waals surface area contributed by atoms with E-state index in [0.717, 1.165) is 17.4 Å². The van der Waals surface area contributed by atoms with E-state index in [1.165, 1.54) is 4.31 Å². The highest BCUT2D eigenvalue weighted by Gasteiger charge is 2.30. The molecule has 0 unspecified atom stereocenters. The zero-order valence-electron chi connectivity index (χ0n) is 18.2. The van der Waals surface area contributed by atoms with Crippen molar-refractivity contribution in [3.05, 3.63) is 60.2 Å². The number of rotatable bonds is 8. The first kappa shape index (κ1) is 23.9. The summed E-state index contributed by atoms with van der Waals surface area (Å²) < 4.78 is 24.8. The van der Waals surface area contributed by atoms with Crippen LogP contribution < -0.4 is 11.1 Å². The molecule has 1 saturated heterocycles. The molecule has 0 aromatic heterocycles. The van der Waals surface area contributed by atoms with E-state index in [2.05, 4.69) is 5.32 Å². The molecule has 9 heteroatoms. The largest absolute Gasteiger partial charge is 0.340 e. The molecule has 3 N–H and O–H groups in total. The molecule has 0 bridgehead atoms. The molecule has 1 atom stereocenters. The molecule has 0 spiro atoms. The summed E-state index contributed by atoms with van der Waals surface area (Å²) in [4.78, 5) is 27.5. The Balaban J connectivity index is 1.66. The molecule has 8 nitrogen and oxygen atoms in total. The Morgan fingerprint density at radius 2 is 1.56 bits per heavy atom. The maximum absolute atomic E-state index is 13.1. The van der Waals surface area contributed by atoms with Gasteiger partial charge in [0.25, 0.3) is 5.91 Å². The molecule has 1 aliphatic rings. The van der Waals surface area contributed by atoms with E-state index in [1.54, 1.807) is 17.0 Å². The molecule has 0 saturated carbocycles. The number of nitrogens with zero attached hydrogens (tertiary/aromatic N) is 2. The van der Waals surface area contributed by atoms with Gasteiger partial charge in [-0.2, -0.15) is 4.31 Å². The van der Waals surface area contributed by atoms with Crippen LogP contribution in [0.2, 0.25) is 0 Å². The van der Waals surface area contributed by atoms with Crippen molar-refractivity contribution in [1.29, 1.82) is 0 Å². The number of carbonyl (C=O) groups excluding carboxylic acids is 2. The van der Waals surface area contributed by atoms with Gasteiger partial charge in [-0.25, -0.2) is 8.42 Å². The highest BCUT2D eigenvalue weighted by Crippen LogP contribution is 2.19.